The highest BCUT2D eigenvalue weighted by atomic mass is 32.2. The lowest BCUT2D eigenvalue weighted by Crippen LogP contribution is -2.13. The number of nitrogens with one attached hydrogen (secondary N) is 1. The number of sulfonamides is 1. The van der Waals surface area contributed by atoms with Crippen molar-refractivity contribution in [1.29, 1.82) is 0 Å². The summed E-state index contributed by atoms with van der Waals surface area (Å²) in [6.07, 6.45) is 0. The Morgan fingerprint density at radius 2 is 1.86 bits per heavy atom. The average molecular weight is 321 g/mol. The minimum Gasteiger partial charge on any atom is -0.494 e. The van der Waals surface area contributed by atoms with E-state index in [1.54, 1.807) is 12.1 Å². The molecule has 0 aliphatic rings. The number of ether oxygens (including phenoxy) is 1. The lowest BCUT2D eigenvalue weighted by molar-refractivity contribution is 0.0697. The Labute approximate surface area is 128 Å². The van der Waals surface area contributed by atoms with E-state index in [1.807, 2.05) is 6.92 Å². The van der Waals surface area contributed by atoms with E-state index in [9.17, 15) is 13.2 Å². The molecule has 0 radical (unpaired) electrons. The van der Waals surface area contributed by atoms with Gasteiger partial charge in [-0.25, -0.2) is 13.2 Å². The van der Waals surface area contributed by atoms with Crippen molar-refractivity contribution in [3.8, 4) is 5.75 Å². The summed E-state index contributed by atoms with van der Waals surface area (Å²) in [5.41, 5.74) is 0.195. The molecule has 116 valence electrons. The van der Waals surface area contributed by atoms with Crippen molar-refractivity contribution in [2.24, 2.45) is 0 Å². The molecule has 7 heteroatoms. The van der Waals surface area contributed by atoms with E-state index >= 15 is 0 Å². The van der Waals surface area contributed by atoms with Crippen LogP contribution in [0.5, 0.6) is 5.75 Å². The predicted octanol–water partition coefficient (Wildman–Crippen LogP) is 2.58. The number of anilines is 1. The lowest BCUT2D eigenvalue weighted by atomic mass is 10.2. The van der Waals surface area contributed by atoms with E-state index in [0.717, 1.165) is 0 Å². The number of hydrogen-bond donors (Lipinski definition) is 2. The first kappa shape index (κ1) is 15.8. The van der Waals surface area contributed by atoms with Gasteiger partial charge in [0.1, 0.15) is 5.75 Å². The van der Waals surface area contributed by atoms with E-state index in [0.29, 0.717) is 12.4 Å². The maximum Gasteiger partial charge on any atom is 0.335 e. The maximum absolute atomic E-state index is 12.3. The second-order valence-corrected chi connectivity index (χ2v) is 6.08. The van der Waals surface area contributed by atoms with Crippen LogP contribution in [0.25, 0.3) is 0 Å². The van der Waals surface area contributed by atoms with E-state index in [1.165, 1.54) is 36.4 Å². The van der Waals surface area contributed by atoms with Crippen molar-refractivity contribution < 1.29 is 23.1 Å². The van der Waals surface area contributed by atoms with Crippen LogP contribution in [0.1, 0.15) is 17.3 Å². The summed E-state index contributed by atoms with van der Waals surface area (Å²) in [7, 11) is -3.79. The van der Waals surface area contributed by atoms with Crippen LogP contribution in [-0.4, -0.2) is 26.1 Å². The van der Waals surface area contributed by atoms with E-state index in [4.69, 9.17) is 9.84 Å². The van der Waals surface area contributed by atoms with Crippen molar-refractivity contribution in [2.75, 3.05) is 11.3 Å². The fourth-order valence-electron chi connectivity index (χ4n) is 1.81. The third-order valence-electron chi connectivity index (χ3n) is 2.81. The number of benzene rings is 2. The summed E-state index contributed by atoms with van der Waals surface area (Å²) in [5.74, 6) is -0.545. The second-order valence-electron chi connectivity index (χ2n) is 4.40. The molecule has 0 spiro atoms. The number of aromatic carboxylic acids is 1. The van der Waals surface area contributed by atoms with Crippen LogP contribution in [-0.2, 0) is 10.0 Å². The van der Waals surface area contributed by atoms with Gasteiger partial charge in [0.2, 0.25) is 0 Å². The standard InChI is InChI=1S/C15H15NO5S/c1-2-21-13-6-8-14(9-7-13)22(19,20)16-12-5-3-4-11(10-12)15(17)18/h3-10,16H,2H2,1H3,(H,17,18). The van der Waals surface area contributed by atoms with E-state index in [2.05, 4.69) is 4.72 Å². The van der Waals surface area contributed by atoms with Crippen molar-refractivity contribution in [2.45, 2.75) is 11.8 Å². The topological polar surface area (TPSA) is 92.7 Å². The van der Waals surface area contributed by atoms with Gasteiger partial charge in [0.25, 0.3) is 10.0 Å². The van der Waals surface area contributed by atoms with Gasteiger partial charge in [-0.2, -0.15) is 0 Å². The molecule has 2 aromatic rings. The van der Waals surface area contributed by atoms with Crippen LogP contribution in [0.4, 0.5) is 5.69 Å². The first-order valence-corrected chi connectivity index (χ1v) is 8.00. The molecule has 0 fully saturated rings. The minimum atomic E-state index is -3.79. The minimum absolute atomic E-state index is 0.00638. The zero-order valence-electron chi connectivity index (χ0n) is 11.8. The summed E-state index contributed by atoms with van der Waals surface area (Å²) >= 11 is 0. The molecular weight excluding hydrogens is 306 g/mol. The van der Waals surface area contributed by atoms with Crippen molar-refractivity contribution >= 4 is 21.7 Å². The average Bonchev–Trinajstić information content (AvgIpc) is 2.48. The third kappa shape index (κ3) is 3.76. The first-order chi connectivity index (χ1) is 10.4. The Morgan fingerprint density at radius 1 is 1.18 bits per heavy atom. The molecule has 2 aromatic carbocycles. The van der Waals surface area contributed by atoms with Crippen LogP contribution < -0.4 is 9.46 Å². The molecule has 0 aromatic heterocycles. The Kier molecular flexibility index (Phi) is 4.67. The van der Waals surface area contributed by atoms with Gasteiger partial charge in [-0.3, -0.25) is 4.72 Å². The second kappa shape index (κ2) is 6.48. The molecule has 2 N–H and O–H groups in total. The highest BCUT2D eigenvalue weighted by Crippen LogP contribution is 2.20. The Hall–Kier alpha value is -2.54. The van der Waals surface area contributed by atoms with Crippen molar-refractivity contribution in [3.63, 3.8) is 0 Å². The molecule has 0 amide bonds. The number of carboxylic acids is 1. The third-order valence-corrected chi connectivity index (χ3v) is 4.20. The molecule has 0 unspecified atom stereocenters. The van der Waals surface area contributed by atoms with Gasteiger partial charge >= 0.3 is 5.97 Å². The fourth-order valence-corrected chi connectivity index (χ4v) is 2.86. The van der Waals surface area contributed by atoms with Crippen LogP contribution in [0.3, 0.4) is 0 Å². The van der Waals surface area contributed by atoms with Gasteiger partial charge in [0.15, 0.2) is 0 Å². The quantitative estimate of drug-likeness (QED) is 0.853. The monoisotopic (exact) mass is 321 g/mol. The molecule has 0 atom stereocenters. The number of carbonyl (C=O) groups is 1. The zero-order valence-corrected chi connectivity index (χ0v) is 12.6. The van der Waals surface area contributed by atoms with E-state index in [-0.39, 0.29) is 16.1 Å². The molecule has 0 heterocycles. The fraction of sp³-hybridized carbons (Fsp3) is 0.133. The zero-order chi connectivity index (χ0) is 16.2. The largest absolute Gasteiger partial charge is 0.494 e. The molecular formula is C15H15NO5S. The van der Waals surface area contributed by atoms with Gasteiger partial charge in [-0.15, -0.1) is 0 Å². The van der Waals surface area contributed by atoms with Crippen molar-refractivity contribution in [3.05, 3.63) is 54.1 Å². The molecule has 0 aliphatic carbocycles. The summed E-state index contributed by atoms with van der Waals surface area (Å²) < 4.78 is 32.1. The Morgan fingerprint density at radius 3 is 2.45 bits per heavy atom. The van der Waals surface area contributed by atoms with Crippen molar-refractivity contribution in [1.82, 2.24) is 0 Å². The summed E-state index contributed by atoms with van der Waals surface area (Å²) in [6.45, 7) is 2.33. The van der Waals surface area contributed by atoms with Crippen LogP contribution in [0, 0.1) is 0 Å². The van der Waals surface area contributed by atoms with Crippen LogP contribution in [0.2, 0.25) is 0 Å². The highest BCUT2D eigenvalue weighted by molar-refractivity contribution is 7.92. The summed E-state index contributed by atoms with van der Waals surface area (Å²) in [5, 5.41) is 8.91. The Bertz CT molecular complexity index is 769. The van der Waals surface area contributed by atoms with E-state index < -0.39 is 16.0 Å². The molecule has 0 aliphatic heterocycles. The Balaban J connectivity index is 2.23. The molecule has 0 saturated heterocycles. The van der Waals surface area contributed by atoms with Crippen LogP contribution in [0.15, 0.2) is 53.4 Å². The molecule has 6 nitrogen and oxygen atoms in total. The van der Waals surface area contributed by atoms with Gasteiger partial charge in [0, 0.05) is 5.69 Å². The van der Waals surface area contributed by atoms with Crippen LogP contribution >= 0.6 is 0 Å². The van der Waals surface area contributed by atoms with Gasteiger partial charge in [0.05, 0.1) is 17.1 Å². The number of carboxylic acid groups (broad SMARTS) is 1. The summed E-state index contributed by atoms with van der Waals surface area (Å²) in [4.78, 5) is 11.0. The SMILES string of the molecule is CCOc1ccc(S(=O)(=O)Nc2cccc(C(=O)O)c2)cc1. The normalized spacial score (nSPS) is 11.0. The molecule has 0 saturated carbocycles. The van der Waals surface area contributed by atoms with Gasteiger partial charge in [-0.1, -0.05) is 6.07 Å². The lowest BCUT2D eigenvalue weighted by Gasteiger charge is -2.09. The number of hydrogen-bond acceptors (Lipinski definition) is 4. The molecule has 22 heavy (non-hydrogen) atoms. The maximum atomic E-state index is 12.3. The highest BCUT2D eigenvalue weighted by Gasteiger charge is 2.15. The first-order valence-electron chi connectivity index (χ1n) is 6.51. The molecule has 0 bridgehead atoms. The van der Waals surface area contributed by atoms with Gasteiger partial charge < -0.3 is 9.84 Å². The van der Waals surface area contributed by atoms with Gasteiger partial charge in [-0.05, 0) is 49.4 Å². The molecule has 2 rings (SSSR count). The smallest absolute Gasteiger partial charge is 0.335 e. The number of rotatable bonds is 6. The summed E-state index contributed by atoms with van der Waals surface area (Å²) in [6, 6.07) is 11.6. The predicted molar refractivity (Wildman–Crippen MR) is 81.8 cm³/mol.